The molecule has 2 aromatic carbocycles. The summed E-state index contributed by atoms with van der Waals surface area (Å²) in [5.41, 5.74) is -0.231. The third-order valence-electron chi connectivity index (χ3n) is 2.20. The van der Waals surface area contributed by atoms with E-state index in [1.54, 1.807) is 12.1 Å². The third-order valence-corrected chi connectivity index (χ3v) is 2.20. The van der Waals surface area contributed by atoms with Gasteiger partial charge < -0.3 is 15.3 Å². The second-order valence-electron chi connectivity index (χ2n) is 3.12. The fourth-order valence-corrected chi connectivity index (χ4v) is 1.55. The summed E-state index contributed by atoms with van der Waals surface area (Å²) < 4.78 is 0. The Morgan fingerprint density at radius 1 is 1.20 bits per heavy atom. The van der Waals surface area contributed by atoms with Crippen molar-refractivity contribution in [1.82, 2.24) is 0 Å². The molecular formula is C11H7O4-. The first-order valence-electron chi connectivity index (χ1n) is 4.26. The smallest absolute Gasteiger partial charge is 0.340 e. The summed E-state index contributed by atoms with van der Waals surface area (Å²) in [7, 11) is 0. The molecule has 0 aliphatic carbocycles. The molecule has 2 aromatic rings. The average molecular weight is 203 g/mol. The van der Waals surface area contributed by atoms with Crippen LogP contribution in [0.1, 0.15) is 10.4 Å². The van der Waals surface area contributed by atoms with Crippen molar-refractivity contribution in [3.8, 4) is 11.5 Å². The van der Waals surface area contributed by atoms with E-state index in [4.69, 9.17) is 5.11 Å². The number of carbonyl (C=O) groups is 1. The van der Waals surface area contributed by atoms with Crippen LogP contribution in [-0.4, -0.2) is 16.2 Å². The Kier molecular flexibility index (Phi) is 1.97. The van der Waals surface area contributed by atoms with Gasteiger partial charge in [-0.1, -0.05) is 30.0 Å². The molecule has 4 nitrogen and oxygen atoms in total. The molecule has 0 bridgehead atoms. The zero-order valence-electron chi connectivity index (χ0n) is 7.60. The Morgan fingerprint density at radius 3 is 2.40 bits per heavy atom. The van der Waals surface area contributed by atoms with Crippen LogP contribution in [0.2, 0.25) is 0 Å². The summed E-state index contributed by atoms with van der Waals surface area (Å²) in [4.78, 5) is 10.9. The van der Waals surface area contributed by atoms with Crippen LogP contribution in [0.5, 0.6) is 11.5 Å². The minimum Gasteiger partial charge on any atom is -0.872 e. The highest BCUT2D eigenvalue weighted by Gasteiger charge is 2.13. The van der Waals surface area contributed by atoms with Gasteiger partial charge in [0.2, 0.25) is 0 Å². The number of hydrogen-bond donors (Lipinski definition) is 2. The summed E-state index contributed by atoms with van der Waals surface area (Å²) >= 11 is 0. The van der Waals surface area contributed by atoms with E-state index in [0.29, 0.717) is 5.39 Å². The highest BCUT2D eigenvalue weighted by Crippen LogP contribution is 2.32. The van der Waals surface area contributed by atoms with Crippen LogP contribution in [-0.2, 0) is 0 Å². The maximum Gasteiger partial charge on any atom is 0.340 e. The average Bonchev–Trinajstić information content (AvgIpc) is 2.17. The molecule has 0 fully saturated rings. The Hall–Kier alpha value is -2.23. The van der Waals surface area contributed by atoms with E-state index in [2.05, 4.69) is 0 Å². The van der Waals surface area contributed by atoms with E-state index in [1.807, 2.05) is 0 Å². The minimum absolute atomic E-state index is 0.231. The Bertz CT molecular complexity index is 546. The van der Waals surface area contributed by atoms with Gasteiger partial charge >= 0.3 is 5.97 Å². The highest BCUT2D eigenvalue weighted by molar-refractivity contribution is 6.07. The number of hydrogen-bond acceptors (Lipinski definition) is 3. The van der Waals surface area contributed by atoms with E-state index in [9.17, 15) is 15.0 Å². The molecular weight excluding hydrogens is 196 g/mol. The van der Waals surface area contributed by atoms with Crippen molar-refractivity contribution in [2.75, 3.05) is 0 Å². The quantitative estimate of drug-likeness (QED) is 0.732. The Morgan fingerprint density at radius 2 is 1.80 bits per heavy atom. The molecule has 0 aromatic heterocycles. The molecule has 2 rings (SSSR count). The number of fused-ring (bicyclic) bond motifs is 1. The predicted molar refractivity (Wildman–Crippen MR) is 52.0 cm³/mol. The van der Waals surface area contributed by atoms with Crippen molar-refractivity contribution in [2.45, 2.75) is 0 Å². The second kappa shape index (κ2) is 3.16. The fourth-order valence-electron chi connectivity index (χ4n) is 1.55. The number of carboxylic acids is 1. The van der Waals surface area contributed by atoms with Crippen LogP contribution >= 0.6 is 0 Å². The first kappa shape index (κ1) is 9.33. The maximum absolute atomic E-state index is 11.4. The molecule has 2 N–H and O–H groups in total. The van der Waals surface area contributed by atoms with Crippen LogP contribution < -0.4 is 5.11 Å². The number of benzene rings is 2. The molecule has 0 atom stereocenters. The van der Waals surface area contributed by atoms with Crippen LogP contribution in [0.3, 0.4) is 0 Å². The molecule has 4 heteroatoms. The molecule has 0 heterocycles. The summed E-state index contributed by atoms with van der Waals surface area (Å²) in [5, 5.41) is 30.3. The van der Waals surface area contributed by atoms with Crippen LogP contribution in [0.4, 0.5) is 0 Å². The zero-order chi connectivity index (χ0) is 11.0. The molecule has 0 unspecified atom stereocenters. The van der Waals surface area contributed by atoms with Gasteiger partial charge in [0.1, 0.15) is 11.3 Å². The SMILES string of the molecule is O=C(O)c1c(O)cc([O-])c2ccccc12. The monoisotopic (exact) mass is 203 g/mol. The van der Waals surface area contributed by atoms with Gasteiger partial charge in [-0.25, -0.2) is 4.79 Å². The lowest BCUT2D eigenvalue weighted by molar-refractivity contribution is -0.265. The van der Waals surface area contributed by atoms with E-state index < -0.39 is 11.7 Å². The van der Waals surface area contributed by atoms with Crippen LogP contribution in [0.25, 0.3) is 10.8 Å². The molecule has 0 aliphatic heterocycles. The summed E-state index contributed by atoms with van der Waals surface area (Å²) in [5.74, 6) is -2.12. The molecule has 0 saturated carbocycles. The Balaban J connectivity index is 2.96. The summed E-state index contributed by atoms with van der Waals surface area (Å²) in [6, 6.07) is 7.22. The molecule has 0 aliphatic rings. The van der Waals surface area contributed by atoms with Crippen molar-refractivity contribution < 1.29 is 20.1 Å². The minimum atomic E-state index is -1.25. The number of phenols is 1. The van der Waals surface area contributed by atoms with E-state index in [1.165, 1.54) is 12.1 Å². The van der Waals surface area contributed by atoms with Gasteiger partial charge in [0.15, 0.2) is 0 Å². The molecule has 0 spiro atoms. The third kappa shape index (κ3) is 1.36. The maximum atomic E-state index is 11.4. The lowest BCUT2D eigenvalue weighted by atomic mass is 10.0. The van der Waals surface area contributed by atoms with Crippen molar-refractivity contribution >= 4 is 16.7 Å². The number of rotatable bonds is 1. The molecule has 0 saturated heterocycles. The zero-order valence-corrected chi connectivity index (χ0v) is 7.60. The van der Waals surface area contributed by atoms with Crippen molar-refractivity contribution in [3.05, 3.63) is 35.9 Å². The summed E-state index contributed by atoms with van der Waals surface area (Å²) in [6.07, 6.45) is 0. The van der Waals surface area contributed by atoms with Crippen molar-refractivity contribution in [1.29, 1.82) is 0 Å². The van der Waals surface area contributed by atoms with Crippen molar-refractivity contribution in [2.24, 2.45) is 0 Å². The van der Waals surface area contributed by atoms with Gasteiger partial charge in [-0.05, 0) is 16.8 Å². The van der Waals surface area contributed by atoms with Gasteiger partial charge in [0.05, 0.1) is 0 Å². The van der Waals surface area contributed by atoms with Gasteiger partial charge in [-0.3, -0.25) is 0 Å². The van der Waals surface area contributed by atoms with Gasteiger partial charge in [-0.2, -0.15) is 0 Å². The molecule has 76 valence electrons. The molecule has 0 radical (unpaired) electrons. The first-order valence-corrected chi connectivity index (χ1v) is 4.26. The summed E-state index contributed by atoms with van der Waals surface area (Å²) in [6.45, 7) is 0. The number of aromatic hydroxyl groups is 1. The van der Waals surface area contributed by atoms with Crippen molar-refractivity contribution in [3.63, 3.8) is 0 Å². The Labute approximate surface area is 85.0 Å². The number of carboxylic acid groups (broad SMARTS) is 1. The highest BCUT2D eigenvalue weighted by atomic mass is 16.4. The van der Waals surface area contributed by atoms with E-state index in [-0.39, 0.29) is 16.7 Å². The predicted octanol–water partition coefficient (Wildman–Crippen LogP) is 1.32. The number of aromatic carboxylic acids is 1. The van der Waals surface area contributed by atoms with Gasteiger partial charge in [0.25, 0.3) is 0 Å². The normalized spacial score (nSPS) is 10.4. The lowest BCUT2D eigenvalue weighted by Crippen LogP contribution is -2.00. The van der Waals surface area contributed by atoms with E-state index >= 15 is 0 Å². The van der Waals surface area contributed by atoms with Gasteiger partial charge in [-0.15, -0.1) is 0 Å². The molecule has 15 heavy (non-hydrogen) atoms. The van der Waals surface area contributed by atoms with E-state index in [0.717, 1.165) is 6.07 Å². The topological polar surface area (TPSA) is 80.6 Å². The molecule has 0 amide bonds. The lowest BCUT2D eigenvalue weighted by Gasteiger charge is -2.13. The largest absolute Gasteiger partial charge is 0.872 e. The fraction of sp³-hybridized carbons (Fsp3) is 0. The standard InChI is InChI=1S/C11H8O4/c12-8-5-9(13)10(11(14)15)7-4-2-1-3-6(7)8/h1-5,12-13H,(H,14,15)/p-1. The van der Waals surface area contributed by atoms with Crippen LogP contribution in [0.15, 0.2) is 30.3 Å². The second-order valence-corrected chi connectivity index (χ2v) is 3.12. The van der Waals surface area contributed by atoms with Crippen LogP contribution in [0, 0.1) is 0 Å². The van der Waals surface area contributed by atoms with Gasteiger partial charge in [0, 0.05) is 0 Å². The first-order chi connectivity index (χ1) is 7.11.